The van der Waals surface area contributed by atoms with Gasteiger partial charge in [0.05, 0.1) is 0 Å². The summed E-state index contributed by atoms with van der Waals surface area (Å²) in [6.07, 6.45) is 1.37. The first-order chi connectivity index (χ1) is 11.8. The third-order valence-corrected chi connectivity index (χ3v) is 4.78. The molecule has 0 bridgehead atoms. The Morgan fingerprint density at radius 3 is 2.40 bits per heavy atom. The Hall–Kier alpha value is -1.88. The average Bonchev–Trinajstić information content (AvgIpc) is 2.95. The van der Waals surface area contributed by atoms with E-state index < -0.39 is 5.92 Å². The third-order valence-electron chi connectivity index (χ3n) is 4.78. The fraction of sp³-hybridized carbons (Fsp3) is 0.600. The number of nitrogens with zero attached hydrogens (tertiary/aromatic N) is 1. The van der Waals surface area contributed by atoms with Gasteiger partial charge < -0.3 is 16.0 Å². The molecule has 2 unspecified atom stereocenters. The zero-order valence-electron chi connectivity index (χ0n) is 15.8. The molecule has 1 heterocycles. The number of hydrogen-bond acceptors (Lipinski definition) is 3. The van der Waals surface area contributed by atoms with Gasteiger partial charge in [-0.25, -0.2) is 0 Å². The van der Waals surface area contributed by atoms with Crippen LogP contribution in [0.25, 0.3) is 0 Å². The molecule has 1 aliphatic rings. The highest BCUT2D eigenvalue weighted by Crippen LogP contribution is 2.27. The number of carbonyl (C=O) groups excluding carboxylic acids is 2. The first-order valence-corrected chi connectivity index (χ1v) is 9.25. The van der Waals surface area contributed by atoms with E-state index in [0.717, 1.165) is 12.1 Å². The van der Waals surface area contributed by atoms with Crippen LogP contribution in [0.3, 0.4) is 0 Å². The Balaban J connectivity index is 2.01. The molecule has 5 nitrogen and oxygen atoms in total. The monoisotopic (exact) mass is 345 g/mol. The largest absolute Gasteiger partial charge is 0.351 e. The van der Waals surface area contributed by atoms with Gasteiger partial charge in [-0.2, -0.15) is 0 Å². The van der Waals surface area contributed by atoms with E-state index in [1.165, 1.54) is 5.56 Å². The molecule has 2 atom stereocenters. The van der Waals surface area contributed by atoms with Gasteiger partial charge in [-0.3, -0.25) is 9.59 Å². The molecule has 1 saturated heterocycles. The molecule has 1 fully saturated rings. The van der Waals surface area contributed by atoms with E-state index in [4.69, 9.17) is 5.73 Å². The molecule has 1 aromatic carbocycles. The average molecular weight is 345 g/mol. The Morgan fingerprint density at radius 2 is 1.88 bits per heavy atom. The van der Waals surface area contributed by atoms with Gasteiger partial charge in [-0.1, -0.05) is 39.8 Å². The van der Waals surface area contributed by atoms with Crippen molar-refractivity contribution in [2.75, 3.05) is 18.0 Å². The quantitative estimate of drug-likeness (QED) is 0.746. The molecule has 0 aromatic heterocycles. The number of benzene rings is 1. The minimum absolute atomic E-state index is 0.0697. The van der Waals surface area contributed by atoms with E-state index >= 15 is 0 Å². The number of hydrogen-bond donors (Lipinski definition) is 2. The van der Waals surface area contributed by atoms with E-state index in [9.17, 15) is 9.59 Å². The number of nitrogens with two attached hydrogens (primary N) is 1. The Morgan fingerprint density at radius 1 is 1.24 bits per heavy atom. The molecule has 1 aromatic rings. The van der Waals surface area contributed by atoms with Crippen LogP contribution < -0.4 is 16.0 Å². The molecule has 25 heavy (non-hydrogen) atoms. The summed E-state index contributed by atoms with van der Waals surface area (Å²) in [6, 6.07) is 7.96. The lowest BCUT2D eigenvalue weighted by atomic mass is 10.0. The van der Waals surface area contributed by atoms with Crippen LogP contribution in [-0.2, 0) is 9.59 Å². The van der Waals surface area contributed by atoms with Crippen molar-refractivity contribution in [2.24, 2.45) is 17.6 Å². The summed E-state index contributed by atoms with van der Waals surface area (Å²) in [5.74, 6) is -0.0105. The summed E-state index contributed by atoms with van der Waals surface area (Å²) in [5, 5.41) is 2.96. The molecular weight excluding hydrogens is 314 g/mol. The molecule has 2 amide bonds. The predicted molar refractivity (Wildman–Crippen MR) is 101 cm³/mol. The first-order valence-electron chi connectivity index (χ1n) is 9.25. The predicted octanol–water partition coefficient (Wildman–Crippen LogP) is 2.65. The number of anilines is 1. The summed E-state index contributed by atoms with van der Waals surface area (Å²) in [6.45, 7) is 9.44. The van der Waals surface area contributed by atoms with Gasteiger partial charge in [0.2, 0.25) is 11.8 Å². The van der Waals surface area contributed by atoms with Crippen molar-refractivity contribution >= 4 is 17.5 Å². The van der Waals surface area contributed by atoms with Gasteiger partial charge in [0, 0.05) is 24.8 Å². The molecule has 0 saturated carbocycles. The van der Waals surface area contributed by atoms with Crippen molar-refractivity contribution in [2.45, 2.75) is 52.5 Å². The smallest absolute Gasteiger partial charge is 0.239 e. The van der Waals surface area contributed by atoms with E-state index in [1.54, 1.807) is 4.90 Å². The van der Waals surface area contributed by atoms with Gasteiger partial charge in [0.25, 0.3) is 0 Å². The summed E-state index contributed by atoms with van der Waals surface area (Å²) < 4.78 is 0. The molecule has 0 spiro atoms. The van der Waals surface area contributed by atoms with E-state index in [-0.39, 0.29) is 17.9 Å². The molecule has 5 heteroatoms. The Bertz CT molecular complexity index is 595. The van der Waals surface area contributed by atoms with Crippen LogP contribution in [0.5, 0.6) is 0 Å². The van der Waals surface area contributed by atoms with Gasteiger partial charge in [-0.05, 0) is 42.4 Å². The van der Waals surface area contributed by atoms with Crippen LogP contribution in [0.4, 0.5) is 5.69 Å². The Labute approximate surface area is 151 Å². The SMILES string of the molecule is CC(C)CC(CN)NC(=O)C1CCN(c2ccc(C(C)C)cc2)C1=O. The highest BCUT2D eigenvalue weighted by Gasteiger charge is 2.38. The highest BCUT2D eigenvalue weighted by molar-refractivity contribution is 6.09. The minimum atomic E-state index is -0.606. The van der Waals surface area contributed by atoms with Crippen molar-refractivity contribution in [3.05, 3.63) is 29.8 Å². The summed E-state index contributed by atoms with van der Waals surface area (Å²) in [7, 11) is 0. The second-order valence-electron chi connectivity index (χ2n) is 7.65. The maximum Gasteiger partial charge on any atom is 0.239 e. The fourth-order valence-electron chi connectivity index (χ4n) is 3.30. The molecular formula is C20H31N3O2. The van der Waals surface area contributed by atoms with Crippen molar-refractivity contribution in [3.63, 3.8) is 0 Å². The highest BCUT2D eigenvalue weighted by atomic mass is 16.2. The van der Waals surface area contributed by atoms with Crippen LogP contribution in [0.15, 0.2) is 24.3 Å². The standard InChI is InChI=1S/C20H31N3O2/c1-13(2)11-16(12-21)22-19(24)18-9-10-23(20(18)25)17-7-5-15(6-8-17)14(3)4/h5-8,13-14,16,18H,9-12,21H2,1-4H3,(H,22,24). The molecule has 0 radical (unpaired) electrons. The van der Waals surface area contributed by atoms with Gasteiger partial charge >= 0.3 is 0 Å². The van der Waals surface area contributed by atoms with Gasteiger partial charge in [0.15, 0.2) is 0 Å². The van der Waals surface area contributed by atoms with Crippen molar-refractivity contribution in [1.82, 2.24) is 5.32 Å². The number of amides is 2. The van der Waals surface area contributed by atoms with Crippen molar-refractivity contribution in [3.8, 4) is 0 Å². The molecule has 2 rings (SSSR count). The van der Waals surface area contributed by atoms with Crippen molar-refractivity contribution < 1.29 is 9.59 Å². The lowest BCUT2D eigenvalue weighted by molar-refractivity contribution is -0.132. The number of carbonyl (C=O) groups is 2. The van der Waals surface area contributed by atoms with Crippen LogP contribution in [0.1, 0.15) is 52.0 Å². The maximum atomic E-state index is 12.7. The molecule has 3 N–H and O–H groups in total. The van der Waals surface area contributed by atoms with Gasteiger partial charge in [0.1, 0.15) is 5.92 Å². The van der Waals surface area contributed by atoms with E-state index in [2.05, 4.69) is 33.0 Å². The minimum Gasteiger partial charge on any atom is -0.351 e. The zero-order chi connectivity index (χ0) is 18.6. The van der Waals surface area contributed by atoms with Gasteiger partial charge in [-0.15, -0.1) is 0 Å². The second kappa shape index (κ2) is 8.48. The second-order valence-corrected chi connectivity index (χ2v) is 7.65. The number of nitrogens with one attached hydrogen (secondary N) is 1. The van der Waals surface area contributed by atoms with Crippen LogP contribution in [-0.4, -0.2) is 30.9 Å². The topological polar surface area (TPSA) is 75.4 Å². The molecule has 138 valence electrons. The lowest BCUT2D eigenvalue weighted by Gasteiger charge is -2.21. The Kier molecular flexibility index (Phi) is 6.59. The van der Waals surface area contributed by atoms with Crippen LogP contribution in [0.2, 0.25) is 0 Å². The van der Waals surface area contributed by atoms with Crippen molar-refractivity contribution in [1.29, 1.82) is 0 Å². The van der Waals surface area contributed by atoms with Crippen LogP contribution in [0, 0.1) is 11.8 Å². The maximum absolute atomic E-state index is 12.7. The fourth-order valence-corrected chi connectivity index (χ4v) is 3.30. The zero-order valence-corrected chi connectivity index (χ0v) is 15.8. The lowest BCUT2D eigenvalue weighted by Crippen LogP contribution is -2.45. The summed E-state index contributed by atoms with van der Waals surface area (Å²) >= 11 is 0. The molecule has 1 aliphatic heterocycles. The first kappa shape index (κ1) is 19.4. The third kappa shape index (κ3) is 4.82. The normalized spacial score (nSPS) is 18.9. The summed E-state index contributed by atoms with van der Waals surface area (Å²) in [4.78, 5) is 26.9. The van der Waals surface area contributed by atoms with E-state index in [1.807, 2.05) is 24.3 Å². The molecule has 0 aliphatic carbocycles. The van der Waals surface area contributed by atoms with Crippen LogP contribution >= 0.6 is 0 Å². The number of rotatable bonds is 7. The van der Waals surface area contributed by atoms with E-state index in [0.29, 0.717) is 31.3 Å². The summed E-state index contributed by atoms with van der Waals surface area (Å²) in [5.41, 5.74) is 7.85.